The van der Waals surface area contributed by atoms with Crippen LogP contribution in [0.2, 0.25) is 0 Å². The fourth-order valence-electron chi connectivity index (χ4n) is 2.82. The van der Waals surface area contributed by atoms with Crippen LogP contribution >= 0.6 is 0 Å². The summed E-state index contributed by atoms with van der Waals surface area (Å²) in [6, 6.07) is 7.56. The van der Waals surface area contributed by atoms with Gasteiger partial charge in [0.15, 0.2) is 12.3 Å². The van der Waals surface area contributed by atoms with Gasteiger partial charge in [-0.25, -0.2) is 17.5 Å². The van der Waals surface area contributed by atoms with E-state index in [4.69, 9.17) is 10.00 Å². The summed E-state index contributed by atoms with van der Waals surface area (Å²) in [6.07, 6.45) is -4.91. The molecule has 1 N–H and O–H groups in total. The molecule has 0 aromatic heterocycles. The molecule has 3 rings (SSSR count). The second-order valence-corrected chi connectivity index (χ2v) is 6.78. The standard InChI is InChI=1S/C17H13F3N2O3S/c1-26(24)22-11-2-3-12(14-13(11)17(23)16(20)15(14)19)25-10-5-8(7-21)4-9(18)6-10/h2-6,15-17,23,26H,1H3. The van der Waals surface area contributed by atoms with E-state index in [1.807, 2.05) is 0 Å². The van der Waals surface area contributed by atoms with Gasteiger partial charge in [0.1, 0.15) is 23.4 Å². The van der Waals surface area contributed by atoms with E-state index in [1.165, 1.54) is 24.5 Å². The van der Waals surface area contributed by atoms with Crippen molar-refractivity contribution in [1.29, 1.82) is 5.26 Å². The Morgan fingerprint density at radius 2 is 2.00 bits per heavy atom. The monoisotopic (exact) mass is 382 g/mol. The smallest absolute Gasteiger partial charge is 0.165 e. The van der Waals surface area contributed by atoms with E-state index >= 15 is 0 Å². The van der Waals surface area contributed by atoms with Crippen LogP contribution in [0.4, 0.5) is 18.9 Å². The summed E-state index contributed by atoms with van der Waals surface area (Å²) in [5.74, 6) is -0.962. The average molecular weight is 382 g/mol. The Morgan fingerprint density at radius 1 is 1.27 bits per heavy atom. The predicted molar refractivity (Wildman–Crippen MR) is 88.9 cm³/mol. The van der Waals surface area contributed by atoms with Gasteiger partial charge in [0.2, 0.25) is 0 Å². The van der Waals surface area contributed by atoms with E-state index in [0.717, 1.165) is 12.1 Å². The first-order chi connectivity index (χ1) is 12.3. The number of benzene rings is 2. The molecule has 0 spiro atoms. The lowest BCUT2D eigenvalue weighted by molar-refractivity contribution is 0.0468. The maximum Gasteiger partial charge on any atom is 0.165 e. The molecule has 2 aromatic rings. The minimum Gasteiger partial charge on any atom is -0.457 e. The molecule has 0 heterocycles. The number of halogens is 3. The van der Waals surface area contributed by atoms with Gasteiger partial charge in [0.25, 0.3) is 0 Å². The second kappa shape index (κ2) is 6.97. The number of fused-ring (bicyclic) bond motifs is 1. The van der Waals surface area contributed by atoms with Crippen molar-refractivity contribution >= 4 is 16.3 Å². The number of rotatable bonds is 3. The molecule has 26 heavy (non-hydrogen) atoms. The molecule has 0 saturated heterocycles. The topological polar surface area (TPSA) is 82.7 Å². The first-order valence-corrected chi connectivity index (χ1v) is 9.12. The number of nitriles is 1. The van der Waals surface area contributed by atoms with Crippen molar-refractivity contribution in [2.75, 3.05) is 6.26 Å². The van der Waals surface area contributed by atoms with Crippen LogP contribution in [0.15, 0.2) is 34.7 Å². The van der Waals surface area contributed by atoms with Crippen LogP contribution in [0.5, 0.6) is 11.5 Å². The molecule has 0 saturated carbocycles. The predicted octanol–water partition coefficient (Wildman–Crippen LogP) is 3.81. The van der Waals surface area contributed by atoms with Gasteiger partial charge in [-0.2, -0.15) is 5.26 Å². The Labute approximate surface area is 148 Å². The maximum atomic E-state index is 14.4. The summed E-state index contributed by atoms with van der Waals surface area (Å²) in [6.45, 7) is 0. The maximum absolute atomic E-state index is 14.4. The van der Waals surface area contributed by atoms with E-state index in [1.54, 1.807) is 6.07 Å². The van der Waals surface area contributed by atoms with Crippen LogP contribution in [0, 0.1) is 17.1 Å². The van der Waals surface area contributed by atoms with Crippen molar-refractivity contribution in [3.8, 4) is 17.6 Å². The summed E-state index contributed by atoms with van der Waals surface area (Å²) in [5.41, 5.74) is -0.426. The second-order valence-electron chi connectivity index (χ2n) is 5.65. The first-order valence-electron chi connectivity index (χ1n) is 7.46. The minimum atomic E-state index is -2.24. The number of nitrogens with zero attached hydrogens (tertiary/aromatic N) is 2. The lowest BCUT2D eigenvalue weighted by Gasteiger charge is -2.14. The Kier molecular flexibility index (Phi) is 4.89. The third kappa shape index (κ3) is 3.25. The van der Waals surface area contributed by atoms with Gasteiger partial charge in [0.05, 0.1) is 17.3 Å². The number of ether oxygens (including phenoxy) is 1. The lowest BCUT2D eigenvalue weighted by atomic mass is 10.1. The summed E-state index contributed by atoms with van der Waals surface area (Å²) in [7, 11) is -2.01. The van der Waals surface area contributed by atoms with Gasteiger partial charge in [-0.15, -0.1) is 0 Å². The number of aliphatic hydroxyl groups excluding tert-OH is 1. The van der Waals surface area contributed by atoms with Crippen LogP contribution in [0.1, 0.15) is 29.0 Å². The van der Waals surface area contributed by atoms with Gasteiger partial charge in [-0.1, -0.05) is 0 Å². The highest BCUT2D eigenvalue weighted by Gasteiger charge is 2.44. The lowest BCUT2D eigenvalue weighted by Crippen LogP contribution is -2.09. The number of alkyl halides is 2. The molecule has 5 nitrogen and oxygen atoms in total. The molecule has 9 heteroatoms. The summed E-state index contributed by atoms with van der Waals surface area (Å²) in [4.78, 5) is 0. The number of hydrogen-bond donors (Lipinski definition) is 2. The molecule has 0 amide bonds. The normalized spacial score (nSPS) is 22.7. The third-order valence-electron chi connectivity index (χ3n) is 3.85. The number of hydrogen-bond acceptors (Lipinski definition) is 5. The van der Waals surface area contributed by atoms with Crippen molar-refractivity contribution in [2.24, 2.45) is 4.36 Å². The van der Waals surface area contributed by atoms with Crippen molar-refractivity contribution in [2.45, 2.75) is 18.4 Å². The van der Waals surface area contributed by atoms with E-state index < -0.39 is 34.9 Å². The molecule has 0 radical (unpaired) electrons. The molecule has 4 atom stereocenters. The highest BCUT2D eigenvalue weighted by atomic mass is 32.2. The van der Waals surface area contributed by atoms with Crippen LogP contribution in [0.3, 0.4) is 0 Å². The van der Waals surface area contributed by atoms with E-state index in [9.17, 15) is 22.5 Å². The van der Waals surface area contributed by atoms with Gasteiger partial charge in [-0.3, -0.25) is 4.21 Å². The summed E-state index contributed by atoms with van der Waals surface area (Å²) < 4.78 is 62.6. The molecule has 2 aromatic carbocycles. The van der Waals surface area contributed by atoms with Crippen molar-refractivity contribution in [3.05, 3.63) is 52.8 Å². The van der Waals surface area contributed by atoms with E-state index in [0.29, 0.717) is 0 Å². The Morgan fingerprint density at radius 3 is 2.65 bits per heavy atom. The van der Waals surface area contributed by atoms with Crippen molar-refractivity contribution < 1.29 is 27.2 Å². The van der Waals surface area contributed by atoms with Crippen LogP contribution in [-0.2, 0) is 10.6 Å². The first kappa shape index (κ1) is 18.2. The van der Waals surface area contributed by atoms with Gasteiger partial charge in [0, 0.05) is 34.0 Å². The molecule has 0 bridgehead atoms. The zero-order valence-electron chi connectivity index (χ0n) is 13.4. The highest BCUT2D eigenvalue weighted by Crippen LogP contribution is 2.52. The molecular weight excluding hydrogens is 369 g/mol. The quantitative estimate of drug-likeness (QED) is 0.791. The SMILES string of the molecule is C/[SH](=O)=N\c1ccc(Oc2cc(F)cc(C#N)c2)c2c1C(O)C(F)C2F. The highest BCUT2D eigenvalue weighted by molar-refractivity contribution is 7.74. The van der Waals surface area contributed by atoms with Crippen LogP contribution in [-0.4, -0.2) is 21.7 Å². The number of thiol groups is 1. The molecule has 1 aliphatic rings. The Hall–Kier alpha value is -2.57. The molecule has 136 valence electrons. The van der Waals surface area contributed by atoms with Crippen LogP contribution in [0.25, 0.3) is 0 Å². The van der Waals surface area contributed by atoms with Crippen molar-refractivity contribution in [1.82, 2.24) is 0 Å². The molecule has 4 unspecified atom stereocenters. The van der Waals surface area contributed by atoms with Gasteiger partial charge < -0.3 is 9.84 Å². The van der Waals surface area contributed by atoms with Gasteiger partial charge in [-0.05, 0) is 24.3 Å². The Bertz CT molecular complexity index is 999. The summed E-state index contributed by atoms with van der Waals surface area (Å²) >= 11 is 0. The molecular formula is C17H13F3N2O3S. The fourth-order valence-corrected chi connectivity index (χ4v) is 3.30. The number of aliphatic hydroxyl groups is 1. The fraction of sp³-hybridized carbons (Fsp3) is 0.235. The van der Waals surface area contributed by atoms with Crippen molar-refractivity contribution in [3.63, 3.8) is 0 Å². The molecule has 0 aliphatic heterocycles. The third-order valence-corrected chi connectivity index (χ3v) is 4.35. The minimum absolute atomic E-state index is 0.00298. The Balaban J connectivity index is 2.13. The summed E-state index contributed by atoms with van der Waals surface area (Å²) in [5, 5.41) is 18.9. The largest absolute Gasteiger partial charge is 0.457 e. The van der Waals surface area contributed by atoms with E-state index in [2.05, 4.69) is 4.36 Å². The average Bonchev–Trinajstić information content (AvgIpc) is 2.81. The molecule has 0 fully saturated rings. The zero-order chi connectivity index (χ0) is 19.0. The van der Waals surface area contributed by atoms with Crippen LogP contribution < -0.4 is 4.74 Å². The molecule has 1 aliphatic carbocycles. The van der Waals surface area contributed by atoms with E-state index in [-0.39, 0.29) is 33.9 Å². The van der Waals surface area contributed by atoms with Gasteiger partial charge >= 0.3 is 0 Å². The zero-order valence-corrected chi connectivity index (χ0v) is 14.3.